The summed E-state index contributed by atoms with van der Waals surface area (Å²) in [5.41, 5.74) is 3.63. The van der Waals surface area contributed by atoms with E-state index in [-0.39, 0.29) is 6.04 Å². The molecule has 20 heavy (non-hydrogen) atoms. The van der Waals surface area contributed by atoms with Gasteiger partial charge >= 0.3 is 0 Å². The largest absolute Gasteiger partial charge is 0.310 e. The number of nitrogens with one attached hydrogen (secondary N) is 1. The van der Waals surface area contributed by atoms with Crippen LogP contribution < -0.4 is 5.32 Å². The standard InChI is InChI=1S/C17H23N3/c1-3-9-19-17(15-6-5-10-18-13-15)11-16-8-7-14(4-2)12-20-16/h5-8,10,12-13,17,19H,3-4,9,11H2,1-2H3. The molecular formula is C17H23N3. The minimum atomic E-state index is 0.281. The predicted octanol–water partition coefficient (Wildman–Crippen LogP) is 3.32. The van der Waals surface area contributed by atoms with Crippen LogP contribution in [-0.4, -0.2) is 16.5 Å². The molecule has 0 bridgehead atoms. The smallest absolute Gasteiger partial charge is 0.0422 e. The molecule has 0 fully saturated rings. The molecule has 2 rings (SSSR count). The Morgan fingerprint density at radius 1 is 1.15 bits per heavy atom. The second-order valence-corrected chi connectivity index (χ2v) is 5.01. The van der Waals surface area contributed by atoms with Gasteiger partial charge in [0.15, 0.2) is 0 Å². The molecule has 1 N–H and O–H groups in total. The molecule has 2 aromatic heterocycles. The SMILES string of the molecule is CCCNC(Cc1ccc(CC)cn1)c1cccnc1. The van der Waals surface area contributed by atoms with E-state index in [2.05, 4.69) is 47.3 Å². The third kappa shape index (κ3) is 4.14. The van der Waals surface area contributed by atoms with E-state index in [9.17, 15) is 0 Å². The minimum absolute atomic E-state index is 0.281. The van der Waals surface area contributed by atoms with Gasteiger partial charge in [0.25, 0.3) is 0 Å². The first-order valence-corrected chi connectivity index (χ1v) is 7.40. The average molecular weight is 269 g/mol. The Balaban J connectivity index is 2.10. The van der Waals surface area contributed by atoms with Crippen LogP contribution in [0.3, 0.4) is 0 Å². The minimum Gasteiger partial charge on any atom is -0.310 e. The van der Waals surface area contributed by atoms with E-state index >= 15 is 0 Å². The molecule has 3 heteroatoms. The molecule has 106 valence electrons. The fourth-order valence-electron chi connectivity index (χ4n) is 2.20. The van der Waals surface area contributed by atoms with Gasteiger partial charge in [-0.15, -0.1) is 0 Å². The number of aromatic nitrogens is 2. The highest BCUT2D eigenvalue weighted by atomic mass is 14.9. The van der Waals surface area contributed by atoms with E-state index < -0.39 is 0 Å². The van der Waals surface area contributed by atoms with E-state index in [1.165, 1.54) is 11.1 Å². The van der Waals surface area contributed by atoms with E-state index in [0.717, 1.165) is 31.5 Å². The molecule has 0 radical (unpaired) electrons. The molecule has 1 unspecified atom stereocenters. The summed E-state index contributed by atoms with van der Waals surface area (Å²) in [6.45, 7) is 5.34. The number of hydrogen-bond donors (Lipinski definition) is 1. The Labute approximate surface area is 121 Å². The van der Waals surface area contributed by atoms with Gasteiger partial charge in [0.05, 0.1) is 0 Å². The number of nitrogens with zero attached hydrogens (tertiary/aromatic N) is 2. The summed E-state index contributed by atoms with van der Waals surface area (Å²) in [5, 5.41) is 3.58. The van der Waals surface area contributed by atoms with Gasteiger partial charge in [-0.3, -0.25) is 9.97 Å². The Morgan fingerprint density at radius 3 is 2.65 bits per heavy atom. The summed E-state index contributed by atoms with van der Waals surface area (Å²) in [6.07, 6.45) is 8.79. The molecule has 2 aromatic rings. The van der Waals surface area contributed by atoms with Gasteiger partial charge in [0.1, 0.15) is 0 Å². The van der Waals surface area contributed by atoms with Crippen LogP contribution in [0, 0.1) is 0 Å². The summed E-state index contributed by atoms with van der Waals surface area (Å²) in [7, 11) is 0. The summed E-state index contributed by atoms with van der Waals surface area (Å²) < 4.78 is 0. The van der Waals surface area contributed by atoms with Crippen LogP contribution in [0.5, 0.6) is 0 Å². The Hall–Kier alpha value is -1.74. The zero-order valence-corrected chi connectivity index (χ0v) is 12.3. The number of hydrogen-bond acceptors (Lipinski definition) is 3. The Kier molecular flexibility index (Phi) is 5.69. The lowest BCUT2D eigenvalue weighted by Crippen LogP contribution is -2.24. The molecule has 3 nitrogen and oxygen atoms in total. The van der Waals surface area contributed by atoms with E-state index in [1.54, 1.807) is 0 Å². The van der Waals surface area contributed by atoms with Crippen LogP contribution in [0.1, 0.15) is 43.1 Å². The molecule has 2 heterocycles. The molecule has 0 amide bonds. The first kappa shape index (κ1) is 14.7. The van der Waals surface area contributed by atoms with Crippen LogP contribution >= 0.6 is 0 Å². The highest BCUT2D eigenvalue weighted by Crippen LogP contribution is 2.17. The first-order chi connectivity index (χ1) is 9.83. The summed E-state index contributed by atoms with van der Waals surface area (Å²) in [5.74, 6) is 0. The van der Waals surface area contributed by atoms with Gasteiger partial charge in [0, 0.05) is 36.7 Å². The zero-order chi connectivity index (χ0) is 14.2. The van der Waals surface area contributed by atoms with Crippen molar-refractivity contribution in [3.63, 3.8) is 0 Å². The van der Waals surface area contributed by atoms with Crippen LogP contribution in [-0.2, 0) is 12.8 Å². The molecule has 0 aromatic carbocycles. The Morgan fingerprint density at radius 2 is 2.05 bits per heavy atom. The summed E-state index contributed by atoms with van der Waals surface area (Å²) in [4.78, 5) is 8.78. The quantitative estimate of drug-likeness (QED) is 0.838. The van der Waals surface area contributed by atoms with Crippen molar-refractivity contribution in [1.82, 2.24) is 15.3 Å². The maximum Gasteiger partial charge on any atom is 0.0422 e. The number of rotatable bonds is 7. The summed E-state index contributed by atoms with van der Waals surface area (Å²) in [6, 6.07) is 8.70. The topological polar surface area (TPSA) is 37.8 Å². The van der Waals surface area contributed by atoms with Crippen LogP contribution in [0.15, 0.2) is 42.9 Å². The maximum absolute atomic E-state index is 4.56. The Bertz CT molecular complexity index is 493. The lowest BCUT2D eigenvalue weighted by molar-refractivity contribution is 0.523. The number of aryl methyl sites for hydroxylation is 1. The number of pyridine rings is 2. The fourth-order valence-corrected chi connectivity index (χ4v) is 2.20. The molecule has 0 saturated carbocycles. The molecule has 0 saturated heterocycles. The molecular weight excluding hydrogens is 246 g/mol. The van der Waals surface area contributed by atoms with Crippen LogP contribution in [0.4, 0.5) is 0 Å². The van der Waals surface area contributed by atoms with Crippen molar-refractivity contribution < 1.29 is 0 Å². The van der Waals surface area contributed by atoms with Crippen molar-refractivity contribution in [1.29, 1.82) is 0 Å². The van der Waals surface area contributed by atoms with Gasteiger partial charge in [-0.25, -0.2) is 0 Å². The molecule has 0 aliphatic heterocycles. The average Bonchev–Trinajstić information content (AvgIpc) is 2.53. The van der Waals surface area contributed by atoms with Crippen molar-refractivity contribution >= 4 is 0 Å². The van der Waals surface area contributed by atoms with Crippen molar-refractivity contribution in [2.24, 2.45) is 0 Å². The highest BCUT2D eigenvalue weighted by molar-refractivity contribution is 5.19. The normalized spacial score (nSPS) is 12.3. The van der Waals surface area contributed by atoms with E-state index in [4.69, 9.17) is 0 Å². The maximum atomic E-state index is 4.56. The lowest BCUT2D eigenvalue weighted by atomic mass is 10.0. The molecule has 1 atom stereocenters. The second-order valence-electron chi connectivity index (χ2n) is 5.01. The van der Waals surface area contributed by atoms with Gasteiger partial charge in [0.2, 0.25) is 0 Å². The fraction of sp³-hybridized carbons (Fsp3) is 0.412. The molecule has 0 aliphatic rings. The van der Waals surface area contributed by atoms with Gasteiger partial charge in [-0.05, 0) is 42.6 Å². The van der Waals surface area contributed by atoms with Crippen LogP contribution in [0.25, 0.3) is 0 Å². The van der Waals surface area contributed by atoms with E-state index in [0.29, 0.717) is 0 Å². The third-order valence-electron chi connectivity index (χ3n) is 3.44. The van der Waals surface area contributed by atoms with Crippen LogP contribution in [0.2, 0.25) is 0 Å². The highest BCUT2D eigenvalue weighted by Gasteiger charge is 2.12. The molecule has 0 aliphatic carbocycles. The summed E-state index contributed by atoms with van der Waals surface area (Å²) >= 11 is 0. The van der Waals surface area contributed by atoms with Crippen molar-refractivity contribution in [2.45, 2.75) is 39.2 Å². The van der Waals surface area contributed by atoms with E-state index in [1.807, 2.05) is 24.7 Å². The van der Waals surface area contributed by atoms with Gasteiger partial charge in [-0.1, -0.05) is 26.0 Å². The zero-order valence-electron chi connectivity index (χ0n) is 12.3. The lowest BCUT2D eigenvalue weighted by Gasteiger charge is -2.18. The van der Waals surface area contributed by atoms with Crippen molar-refractivity contribution in [3.8, 4) is 0 Å². The first-order valence-electron chi connectivity index (χ1n) is 7.40. The predicted molar refractivity (Wildman–Crippen MR) is 82.6 cm³/mol. The van der Waals surface area contributed by atoms with Crippen molar-refractivity contribution in [3.05, 3.63) is 59.7 Å². The van der Waals surface area contributed by atoms with Gasteiger partial charge < -0.3 is 5.32 Å². The second kappa shape index (κ2) is 7.75. The van der Waals surface area contributed by atoms with Gasteiger partial charge in [-0.2, -0.15) is 0 Å². The monoisotopic (exact) mass is 269 g/mol. The van der Waals surface area contributed by atoms with Crippen molar-refractivity contribution in [2.75, 3.05) is 6.54 Å². The molecule has 0 spiro atoms. The third-order valence-corrected chi connectivity index (χ3v) is 3.44.